The van der Waals surface area contributed by atoms with Gasteiger partial charge in [0.2, 0.25) is 0 Å². The van der Waals surface area contributed by atoms with Gasteiger partial charge in [0, 0.05) is 15.8 Å². The molecule has 0 radical (unpaired) electrons. The van der Waals surface area contributed by atoms with E-state index in [0.717, 1.165) is 19.3 Å². The number of rotatable bonds is 16. The third-order valence-electron chi connectivity index (χ3n) is 4.44. The number of hydrogen-bond donors (Lipinski definition) is 3. The van der Waals surface area contributed by atoms with Crippen molar-refractivity contribution in [3.8, 4) is 6.07 Å². The van der Waals surface area contributed by atoms with Crippen LogP contribution >= 0.6 is 0 Å². The monoisotopic (exact) mass is 441 g/mol. The highest BCUT2D eigenvalue weighted by atomic mass is 33.3. The maximum absolute atomic E-state index is 12.3. The van der Waals surface area contributed by atoms with Crippen LogP contribution in [0.5, 0.6) is 0 Å². The van der Waals surface area contributed by atoms with Crippen molar-refractivity contribution in [3.63, 3.8) is 0 Å². The molecule has 0 aromatic rings. The zero-order chi connectivity index (χ0) is 20.8. The zero-order valence-electron chi connectivity index (χ0n) is 16.5. The molecule has 0 amide bonds. The summed E-state index contributed by atoms with van der Waals surface area (Å²) in [6.45, 7) is 3.57. The maximum atomic E-state index is 12.3. The average Bonchev–Trinajstić information content (AvgIpc) is 2.60. The fraction of sp³-hybridized carbons (Fsp3) is 0.889. The molecule has 2 atom stereocenters. The molecule has 0 aliphatic heterocycles. The van der Waals surface area contributed by atoms with Crippen LogP contribution in [-0.2, 0) is 32.4 Å². The third kappa shape index (κ3) is 13.3. The number of nitriles is 1. The summed E-state index contributed by atoms with van der Waals surface area (Å²) in [4.78, 5) is 10.7. The molecule has 0 spiro atoms. The van der Waals surface area contributed by atoms with Gasteiger partial charge in [-0.15, -0.1) is 0 Å². The minimum atomic E-state index is -3.53. The Morgan fingerprint density at radius 2 is 1.56 bits per heavy atom. The van der Waals surface area contributed by atoms with Crippen molar-refractivity contribution in [2.75, 3.05) is 5.75 Å². The van der Waals surface area contributed by atoms with E-state index in [1.165, 1.54) is 45.4 Å². The third-order valence-corrected chi connectivity index (χ3v) is 13.5. The van der Waals surface area contributed by atoms with E-state index in [1.807, 2.05) is 6.07 Å². The Balaban J connectivity index is 4.28. The van der Waals surface area contributed by atoms with Gasteiger partial charge in [0.25, 0.3) is 0 Å². The van der Waals surface area contributed by atoms with Crippen molar-refractivity contribution >= 4 is 33.6 Å². The Kier molecular flexibility index (Phi) is 14.1. The smallest absolute Gasteiger partial charge is 0.303 e. The summed E-state index contributed by atoms with van der Waals surface area (Å²) in [5.41, 5.74) is 0. The van der Waals surface area contributed by atoms with Crippen LogP contribution < -0.4 is 0 Å². The van der Waals surface area contributed by atoms with Crippen LogP contribution in [0.1, 0.15) is 90.9 Å². The number of aliphatic carboxylic acids is 1. The van der Waals surface area contributed by atoms with Crippen LogP contribution in [0.25, 0.3) is 0 Å². The fourth-order valence-electron chi connectivity index (χ4n) is 2.56. The summed E-state index contributed by atoms with van der Waals surface area (Å²) in [5, 5.41) is 17.9. The van der Waals surface area contributed by atoms with Crippen molar-refractivity contribution in [1.29, 1.82) is 5.26 Å². The SMILES string of the molecule is CCCCCCCCCCCCS(=O)(=O)/[SH]=[SH](=O)/C(C)(C#N)CCC(=O)O. The molecule has 0 aliphatic carbocycles. The van der Waals surface area contributed by atoms with Crippen molar-refractivity contribution in [1.82, 2.24) is 0 Å². The molecular weight excluding hydrogens is 406 g/mol. The zero-order valence-corrected chi connectivity index (χ0v) is 19.1. The number of nitrogens with zero attached hydrogens (tertiary/aromatic N) is 1. The summed E-state index contributed by atoms with van der Waals surface area (Å²) in [6.07, 6.45) is 10.6. The van der Waals surface area contributed by atoms with Crippen LogP contribution in [-0.4, -0.2) is 34.2 Å². The van der Waals surface area contributed by atoms with Crippen LogP contribution in [0.3, 0.4) is 0 Å². The lowest BCUT2D eigenvalue weighted by molar-refractivity contribution is -0.137. The minimum Gasteiger partial charge on any atom is -0.481 e. The Labute approximate surface area is 168 Å². The normalized spacial score (nSPS) is 15.4. The quantitative estimate of drug-likeness (QED) is 0.192. The maximum Gasteiger partial charge on any atom is 0.303 e. The molecule has 0 aromatic carbocycles. The molecule has 0 saturated heterocycles. The van der Waals surface area contributed by atoms with Gasteiger partial charge in [0.1, 0.15) is 4.75 Å². The lowest BCUT2D eigenvalue weighted by atomic mass is 10.1. The molecule has 0 heterocycles. The summed E-state index contributed by atoms with van der Waals surface area (Å²) in [6, 6.07) is 1.85. The highest BCUT2D eigenvalue weighted by Gasteiger charge is 2.27. The van der Waals surface area contributed by atoms with E-state index in [2.05, 4.69) is 6.92 Å². The number of carboxylic acids is 1. The second-order valence-corrected chi connectivity index (χ2v) is 15.1. The Morgan fingerprint density at radius 3 is 2.00 bits per heavy atom. The van der Waals surface area contributed by atoms with E-state index in [4.69, 9.17) is 5.11 Å². The summed E-state index contributed by atoms with van der Waals surface area (Å²) >= 11 is 0. The van der Waals surface area contributed by atoms with Gasteiger partial charge in [-0.3, -0.25) is 9.00 Å². The van der Waals surface area contributed by atoms with Crippen molar-refractivity contribution in [2.24, 2.45) is 0 Å². The van der Waals surface area contributed by atoms with E-state index in [-0.39, 0.29) is 27.9 Å². The highest BCUT2D eigenvalue weighted by Crippen LogP contribution is 2.18. The Morgan fingerprint density at radius 1 is 1.07 bits per heavy atom. The van der Waals surface area contributed by atoms with Gasteiger partial charge in [0.15, 0.2) is 8.87 Å². The molecule has 9 heteroatoms. The van der Waals surface area contributed by atoms with E-state index < -0.39 is 28.9 Å². The molecule has 2 unspecified atom stereocenters. The van der Waals surface area contributed by atoms with Gasteiger partial charge >= 0.3 is 5.97 Å². The van der Waals surface area contributed by atoms with Gasteiger partial charge in [-0.25, -0.2) is 8.42 Å². The largest absolute Gasteiger partial charge is 0.481 e. The van der Waals surface area contributed by atoms with E-state index >= 15 is 0 Å². The van der Waals surface area contributed by atoms with E-state index in [9.17, 15) is 22.7 Å². The van der Waals surface area contributed by atoms with Gasteiger partial charge in [-0.1, -0.05) is 64.7 Å². The van der Waals surface area contributed by atoms with Crippen molar-refractivity contribution in [3.05, 3.63) is 0 Å². The fourth-order valence-corrected chi connectivity index (χ4v) is 10.7. The molecule has 0 aromatic heterocycles. The van der Waals surface area contributed by atoms with Crippen molar-refractivity contribution < 1.29 is 22.5 Å². The Bertz CT molecular complexity index is 663. The van der Waals surface area contributed by atoms with Crippen LogP contribution in [0.2, 0.25) is 0 Å². The van der Waals surface area contributed by atoms with Crippen molar-refractivity contribution in [2.45, 2.75) is 95.6 Å². The molecule has 6 nitrogen and oxygen atoms in total. The average molecular weight is 442 g/mol. The number of unbranched alkanes of at least 4 members (excludes halogenated alkanes) is 9. The van der Waals surface area contributed by atoms with Crippen LogP contribution in [0.4, 0.5) is 0 Å². The molecule has 0 bridgehead atoms. The van der Waals surface area contributed by atoms with Crippen LogP contribution in [0.15, 0.2) is 0 Å². The molecule has 0 saturated carbocycles. The van der Waals surface area contributed by atoms with Gasteiger partial charge in [-0.2, -0.15) is 5.26 Å². The number of hydrogen-bond acceptors (Lipinski definition) is 5. The summed E-state index contributed by atoms with van der Waals surface area (Å²) < 4.78 is 35.2. The predicted octanol–water partition coefficient (Wildman–Crippen LogP) is 3.60. The first-order valence-corrected chi connectivity index (χ1v) is 14.8. The molecule has 0 fully saturated rings. The van der Waals surface area contributed by atoms with E-state index in [0.29, 0.717) is 6.42 Å². The summed E-state index contributed by atoms with van der Waals surface area (Å²) in [5.74, 6) is -1.13. The molecule has 1 N–H and O–H groups in total. The second kappa shape index (κ2) is 14.4. The summed E-state index contributed by atoms with van der Waals surface area (Å²) in [7, 11) is -6.15. The number of carboxylic acid groups (broad SMARTS) is 1. The van der Waals surface area contributed by atoms with Crippen LogP contribution in [0, 0.1) is 11.3 Å². The Hall–Kier alpha value is -0.590. The number of thiol groups is 2. The second-order valence-electron chi connectivity index (χ2n) is 7.10. The number of carbonyl (C=O) groups is 1. The molecule has 27 heavy (non-hydrogen) atoms. The topological polar surface area (TPSA) is 112 Å². The molecule has 160 valence electrons. The highest BCUT2D eigenvalue weighted by molar-refractivity contribution is 8.74. The van der Waals surface area contributed by atoms with E-state index in [1.54, 1.807) is 0 Å². The standard InChI is InChI=1S/C18H35NO5S3/c1-3-4-5-6-7-8-9-10-11-12-15-27(23,24)25-26(22)18(2,16-19)14-13-17(20)21/h25-26H,3-15H2,1-2H3,(H,20,21). The first kappa shape index (κ1) is 26.4. The van der Waals surface area contributed by atoms with Gasteiger partial charge < -0.3 is 5.11 Å². The molecule has 0 aliphatic rings. The first-order chi connectivity index (χ1) is 12.7. The predicted molar refractivity (Wildman–Crippen MR) is 115 cm³/mol. The molecular formula is C18H35NO5S3. The minimum absolute atomic E-state index is 0.0352. The lowest BCUT2D eigenvalue weighted by Crippen LogP contribution is -2.26. The first-order valence-electron chi connectivity index (χ1n) is 9.73. The van der Waals surface area contributed by atoms with Gasteiger partial charge in [-0.05, 0) is 29.1 Å². The van der Waals surface area contributed by atoms with Gasteiger partial charge in [0.05, 0.1) is 11.8 Å². The molecule has 0 rings (SSSR count). The lowest BCUT2D eigenvalue weighted by Gasteiger charge is -2.15.